The third kappa shape index (κ3) is 2.14. The molecule has 5 nitrogen and oxygen atoms in total. The number of benzene rings is 1. The van der Waals surface area contributed by atoms with Crippen LogP contribution in [0.3, 0.4) is 0 Å². The van der Waals surface area contributed by atoms with Crippen LogP contribution in [0.15, 0.2) is 24.3 Å². The molecule has 0 atom stereocenters. The van der Waals surface area contributed by atoms with Crippen molar-refractivity contribution >= 4 is 11.5 Å². The molecule has 0 unspecified atom stereocenters. The molecule has 1 aromatic carbocycles. The molecule has 0 N–H and O–H groups in total. The number of hydrogen-bond donors (Lipinski definition) is 0. The molecule has 21 heavy (non-hydrogen) atoms. The molecule has 1 aromatic heterocycles. The molecule has 3 rings (SSSR count). The smallest absolute Gasteiger partial charge is 0.269 e. The zero-order chi connectivity index (χ0) is 15.1. The van der Waals surface area contributed by atoms with Gasteiger partial charge in [-0.05, 0) is 44.4 Å². The second kappa shape index (κ2) is 4.84. The molecule has 0 saturated carbocycles. The Labute approximate surface area is 122 Å². The van der Waals surface area contributed by atoms with Crippen molar-refractivity contribution in [2.75, 3.05) is 0 Å². The molecular formula is C16H16N2O3. The predicted molar refractivity (Wildman–Crippen MR) is 79.2 cm³/mol. The van der Waals surface area contributed by atoms with Crippen molar-refractivity contribution in [2.45, 2.75) is 33.1 Å². The Kier molecular flexibility index (Phi) is 3.12. The van der Waals surface area contributed by atoms with Gasteiger partial charge in [0.1, 0.15) is 0 Å². The number of aryl methyl sites for hydroxylation is 2. The van der Waals surface area contributed by atoms with E-state index in [9.17, 15) is 14.9 Å². The highest BCUT2D eigenvalue weighted by Crippen LogP contribution is 2.30. The molecule has 1 aliphatic carbocycles. The molecule has 0 aliphatic heterocycles. The summed E-state index contributed by atoms with van der Waals surface area (Å²) >= 11 is 0. The first-order valence-electron chi connectivity index (χ1n) is 6.99. The van der Waals surface area contributed by atoms with Crippen molar-refractivity contribution in [2.24, 2.45) is 0 Å². The molecule has 5 heteroatoms. The lowest BCUT2D eigenvalue weighted by atomic mass is 9.96. The van der Waals surface area contributed by atoms with Gasteiger partial charge in [-0.1, -0.05) is 0 Å². The van der Waals surface area contributed by atoms with Crippen LogP contribution in [0.25, 0.3) is 5.69 Å². The van der Waals surface area contributed by atoms with Gasteiger partial charge >= 0.3 is 0 Å². The minimum absolute atomic E-state index is 0.0889. The summed E-state index contributed by atoms with van der Waals surface area (Å²) in [6.07, 6.45) is 2.34. The number of nitrogens with zero attached hydrogens (tertiary/aromatic N) is 2. The summed E-state index contributed by atoms with van der Waals surface area (Å²) in [6.45, 7) is 3.82. The summed E-state index contributed by atoms with van der Waals surface area (Å²) in [5.74, 6) is 0.192. The Hall–Kier alpha value is -2.43. The highest BCUT2D eigenvalue weighted by atomic mass is 16.6. The van der Waals surface area contributed by atoms with Crippen LogP contribution >= 0.6 is 0 Å². The summed E-state index contributed by atoms with van der Waals surface area (Å²) in [5, 5.41) is 10.8. The third-order valence-electron chi connectivity index (χ3n) is 4.04. The van der Waals surface area contributed by atoms with Gasteiger partial charge in [-0.2, -0.15) is 0 Å². The Bertz CT molecular complexity index is 759. The Balaban J connectivity index is 2.17. The summed E-state index contributed by atoms with van der Waals surface area (Å²) in [4.78, 5) is 22.5. The average Bonchev–Trinajstić information content (AvgIpc) is 2.77. The molecule has 1 heterocycles. The standard InChI is InChI=1S/C16H16N2O3/c1-10-8-12(18(20)21)6-7-14(10)17-11(2)9-13-15(17)4-3-5-16(13)19/h6-9H,3-5H2,1-2H3. The lowest BCUT2D eigenvalue weighted by Gasteiger charge is -2.17. The van der Waals surface area contributed by atoms with E-state index in [4.69, 9.17) is 0 Å². The number of nitro benzene ring substituents is 1. The Morgan fingerprint density at radius 3 is 2.62 bits per heavy atom. The van der Waals surface area contributed by atoms with Crippen LogP contribution in [0.5, 0.6) is 0 Å². The highest BCUT2D eigenvalue weighted by Gasteiger charge is 2.24. The zero-order valence-corrected chi connectivity index (χ0v) is 12.0. The molecule has 0 radical (unpaired) electrons. The molecule has 0 spiro atoms. The molecule has 108 valence electrons. The van der Waals surface area contributed by atoms with Crippen molar-refractivity contribution in [3.05, 3.63) is 56.9 Å². The fourth-order valence-electron chi connectivity index (χ4n) is 3.07. The van der Waals surface area contributed by atoms with E-state index in [2.05, 4.69) is 4.57 Å². The van der Waals surface area contributed by atoms with Crippen LogP contribution in [0.1, 0.15) is 40.2 Å². The first-order valence-corrected chi connectivity index (χ1v) is 6.99. The van der Waals surface area contributed by atoms with Gasteiger partial charge in [-0.3, -0.25) is 14.9 Å². The van der Waals surface area contributed by atoms with E-state index in [0.717, 1.165) is 41.0 Å². The molecule has 0 amide bonds. The monoisotopic (exact) mass is 284 g/mol. The number of rotatable bonds is 2. The molecular weight excluding hydrogens is 268 g/mol. The van der Waals surface area contributed by atoms with Gasteiger partial charge in [-0.25, -0.2) is 0 Å². The van der Waals surface area contributed by atoms with Gasteiger partial charge in [-0.15, -0.1) is 0 Å². The van der Waals surface area contributed by atoms with E-state index in [-0.39, 0.29) is 11.5 Å². The van der Waals surface area contributed by atoms with E-state index in [1.54, 1.807) is 12.1 Å². The van der Waals surface area contributed by atoms with Crippen LogP contribution in [-0.2, 0) is 6.42 Å². The van der Waals surface area contributed by atoms with Gasteiger partial charge in [0.15, 0.2) is 5.78 Å². The number of Topliss-reactive ketones (excluding diaryl/α,β-unsaturated/α-hetero) is 1. The number of hydrogen-bond acceptors (Lipinski definition) is 3. The minimum atomic E-state index is -0.391. The lowest BCUT2D eigenvalue weighted by Crippen LogP contribution is -2.13. The van der Waals surface area contributed by atoms with Crippen LogP contribution in [0.2, 0.25) is 0 Å². The van der Waals surface area contributed by atoms with Crippen LogP contribution in [-0.4, -0.2) is 15.3 Å². The van der Waals surface area contributed by atoms with E-state index in [0.29, 0.717) is 6.42 Å². The number of ketones is 1. The lowest BCUT2D eigenvalue weighted by molar-refractivity contribution is -0.384. The van der Waals surface area contributed by atoms with E-state index < -0.39 is 4.92 Å². The predicted octanol–water partition coefficient (Wildman–Crippen LogP) is 3.52. The number of aromatic nitrogens is 1. The number of carbonyl (C=O) groups is 1. The Morgan fingerprint density at radius 2 is 1.95 bits per heavy atom. The van der Waals surface area contributed by atoms with Crippen molar-refractivity contribution in [3.63, 3.8) is 0 Å². The summed E-state index contributed by atoms with van der Waals surface area (Å²) < 4.78 is 2.06. The second-order valence-electron chi connectivity index (χ2n) is 5.49. The number of nitro groups is 1. The van der Waals surface area contributed by atoms with E-state index >= 15 is 0 Å². The van der Waals surface area contributed by atoms with Crippen molar-refractivity contribution in [1.29, 1.82) is 0 Å². The fourth-order valence-corrected chi connectivity index (χ4v) is 3.07. The van der Waals surface area contributed by atoms with Gasteiger partial charge in [0.05, 0.1) is 4.92 Å². The number of carbonyl (C=O) groups excluding carboxylic acids is 1. The number of fused-ring (bicyclic) bond motifs is 1. The maximum atomic E-state index is 12.0. The fraction of sp³-hybridized carbons (Fsp3) is 0.312. The zero-order valence-electron chi connectivity index (χ0n) is 12.0. The summed E-state index contributed by atoms with van der Waals surface area (Å²) in [5.41, 5.74) is 4.66. The van der Waals surface area contributed by atoms with Gasteiger partial charge in [0, 0.05) is 41.2 Å². The SMILES string of the molecule is Cc1cc([N+](=O)[O-])ccc1-n1c(C)cc2c1CCCC2=O. The second-order valence-corrected chi connectivity index (χ2v) is 5.49. The first-order chi connectivity index (χ1) is 9.99. The molecule has 0 bridgehead atoms. The normalized spacial score (nSPS) is 14.1. The van der Waals surface area contributed by atoms with Gasteiger partial charge in [0.2, 0.25) is 0 Å². The average molecular weight is 284 g/mol. The molecule has 1 aliphatic rings. The Morgan fingerprint density at radius 1 is 1.19 bits per heavy atom. The first kappa shape index (κ1) is 13.5. The van der Waals surface area contributed by atoms with E-state index in [1.807, 2.05) is 19.9 Å². The van der Waals surface area contributed by atoms with Crippen molar-refractivity contribution in [1.82, 2.24) is 4.57 Å². The van der Waals surface area contributed by atoms with Crippen molar-refractivity contribution in [3.8, 4) is 5.69 Å². The van der Waals surface area contributed by atoms with Crippen LogP contribution in [0.4, 0.5) is 5.69 Å². The topological polar surface area (TPSA) is 65.1 Å². The summed E-state index contributed by atoms with van der Waals surface area (Å²) in [6, 6.07) is 6.78. The molecule has 0 fully saturated rings. The van der Waals surface area contributed by atoms with Crippen molar-refractivity contribution < 1.29 is 9.72 Å². The van der Waals surface area contributed by atoms with Crippen LogP contribution < -0.4 is 0 Å². The van der Waals surface area contributed by atoms with Gasteiger partial charge in [0.25, 0.3) is 5.69 Å². The largest absolute Gasteiger partial charge is 0.317 e. The summed E-state index contributed by atoms with van der Waals surface area (Å²) in [7, 11) is 0. The maximum Gasteiger partial charge on any atom is 0.269 e. The third-order valence-corrected chi connectivity index (χ3v) is 4.04. The van der Waals surface area contributed by atoms with Crippen LogP contribution in [0, 0.1) is 24.0 Å². The number of non-ortho nitro benzene ring substituents is 1. The van der Waals surface area contributed by atoms with E-state index in [1.165, 1.54) is 6.07 Å². The minimum Gasteiger partial charge on any atom is -0.317 e. The highest BCUT2D eigenvalue weighted by molar-refractivity contribution is 5.98. The quantitative estimate of drug-likeness (QED) is 0.626. The molecule has 0 saturated heterocycles. The van der Waals surface area contributed by atoms with Gasteiger partial charge < -0.3 is 4.57 Å². The molecule has 2 aromatic rings. The maximum absolute atomic E-state index is 12.0.